The number of carbonyl (C=O) groups is 3. The Morgan fingerprint density at radius 1 is 0.789 bits per heavy atom. The summed E-state index contributed by atoms with van der Waals surface area (Å²) in [6.07, 6.45) is -10.2. The zero-order chi connectivity index (χ0) is 16.4. The number of aliphatic carboxylic acids is 3. The SMILES string of the molecule is NCC(=O)O.O=C(O)C(F)(F)F.O=C(O)C(F)(F)F. The van der Waals surface area contributed by atoms with Crippen molar-refractivity contribution in [2.75, 3.05) is 6.54 Å². The minimum atomic E-state index is -5.08. The summed E-state index contributed by atoms with van der Waals surface area (Å²) < 4.78 is 63.5. The molecule has 0 heterocycles. The maximum Gasteiger partial charge on any atom is 0.490 e. The van der Waals surface area contributed by atoms with Crippen molar-refractivity contribution >= 4 is 17.9 Å². The third-order valence-electron chi connectivity index (χ3n) is 0.660. The average molecular weight is 303 g/mol. The first-order valence-electron chi connectivity index (χ1n) is 3.68. The standard InChI is InChI=1S/2C2HF3O2.C2H5NO2/c2*3-2(4,5)1(6)7;3-1-2(4)5/h2*(H,6,7);1,3H2,(H,4,5). The van der Waals surface area contributed by atoms with E-state index in [-0.39, 0.29) is 6.54 Å². The van der Waals surface area contributed by atoms with E-state index in [1.165, 1.54) is 0 Å². The van der Waals surface area contributed by atoms with E-state index in [0.29, 0.717) is 0 Å². The van der Waals surface area contributed by atoms with Gasteiger partial charge < -0.3 is 21.1 Å². The normalized spacial score (nSPS) is 10.3. The van der Waals surface area contributed by atoms with Gasteiger partial charge in [0.05, 0.1) is 6.54 Å². The summed E-state index contributed by atoms with van der Waals surface area (Å²) in [4.78, 5) is 27.0. The topological polar surface area (TPSA) is 138 Å². The van der Waals surface area contributed by atoms with Gasteiger partial charge in [-0.2, -0.15) is 26.3 Å². The molecule has 0 aliphatic heterocycles. The molecule has 0 rings (SSSR count). The molecule has 13 heteroatoms. The molecule has 7 nitrogen and oxygen atoms in total. The Morgan fingerprint density at radius 2 is 0.895 bits per heavy atom. The van der Waals surface area contributed by atoms with Gasteiger partial charge in [0.25, 0.3) is 0 Å². The quantitative estimate of drug-likeness (QED) is 0.511. The molecule has 0 fully saturated rings. The van der Waals surface area contributed by atoms with Gasteiger partial charge in [-0.3, -0.25) is 4.79 Å². The highest BCUT2D eigenvalue weighted by molar-refractivity contribution is 5.73. The highest BCUT2D eigenvalue weighted by atomic mass is 19.4. The van der Waals surface area contributed by atoms with Gasteiger partial charge in [0, 0.05) is 0 Å². The first-order valence-corrected chi connectivity index (χ1v) is 3.68. The lowest BCUT2D eigenvalue weighted by molar-refractivity contribution is -0.193. The van der Waals surface area contributed by atoms with E-state index >= 15 is 0 Å². The maximum atomic E-state index is 10.6. The second-order valence-corrected chi connectivity index (χ2v) is 2.20. The fourth-order valence-electron chi connectivity index (χ4n) is 0. The molecular formula is C6H7F6NO6. The predicted octanol–water partition coefficient (Wildman–Crippen LogP) is 0.296. The van der Waals surface area contributed by atoms with Gasteiger partial charge in [0.2, 0.25) is 0 Å². The van der Waals surface area contributed by atoms with Crippen molar-refractivity contribution in [3.8, 4) is 0 Å². The van der Waals surface area contributed by atoms with Crippen LogP contribution in [0.3, 0.4) is 0 Å². The minimum Gasteiger partial charge on any atom is -0.480 e. The number of carboxylic acids is 3. The number of alkyl halides is 6. The van der Waals surface area contributed by atoms with Crippen LogP contribution in [0.2, 0.25) is 0 Å². The number of carboxylic acid groups (broad SMARTS) is 3. The summed E-state index contributed by atoms with van der Waals surface area (Å²) in [5, 5.41) is 21.8. The molecule has 0 spiro atoms. The monoisotopic (exact) mass is 303 g/mol. The number of rotatable bonds is 1. The van der Waals surface area contributed by atoms with Crippen LogP contribution in [0.15, 0.2) is 0 Å². The van der Waals surface area contributed by atoms with E-state index in [9.17, 15) is 31.1 Å². The molecule has 0 bridgehead atoms. The zero-order valence-electron chi connectivity index (χ0n) is 8.62. The van der Waals surface area contributed by atoms with Gasteiger partial charge in [-0.15, -0.1) is 0 Å². The van der Waals surface area contributed by atoms with Crippen molar-refractivity contribution in [1.29, 1.82) is 0 Å². The van der Waals surface area contributed by atoms with Crippen LogP contribution >= 0.6 is 0 Å². The smallest absolute Gasteiger partial charge is 0.480 e. The Labute approximate surface area is 99.8 Å². The van der Waals surface area contributed by atoms with Crippen LogP contribution in [-0.2, 0) is 14.4 Å². The van der Waals surface area contributed by atoms with E-state index < -0.39 is 30.3 Å². The number of hydrogen-bond donors (Lipinski definition) is 4. The van der Waals surface area contributed by atoms with Gasteiger partial charge in [0.1, 0.15) is 0 Å². The van der Waals surface area contributed by atoms with E-state index in [1.807, 2.05) is 0 Å². The molecule has 0 atom stereocenters. The second-order valence-electron chi connectivity index (χ2n) is 2.20. The molecule has 19 heavy (non-hydrogen) atoms. The van der Waals surface area contributed by atoms with Crippen molar-refractivity contribution in [2.24, 2.45) is 5.73 Å². The lowest BCUT2D eigenvalue weighted by atomic mass is 10.7. The van der Waals surface area contributed by atoms with Gasteiger partial charge >= 0.3 is 30.3 Å². The van der Waals surface area contributed by atoms with Crippen LogP contribution in [0.5, 0.6) is 0 Å². The van der Waals surface area contributed by atoms with Crippen LogP contribution in [0.1, 0.15) is 0 Å². The fraction of sp³-hybridized carbons (Fsp3) is 0.500. The van der Waals surface area contributed by atoms with Gasteiger partial charge in [-0.1, -0.05) is 0 Å². The van der Waals surface area contributed by atoms with Crippen LogP contribution in [0.4, 0.5) is 26.3 Å². The largest absolute Gasteiger partial charge is 0.490 e. The summed E-state index contributed by atoms with van der Waals surface area (Å²) in [6, 6.07) is 0. The van der Waals surface area contributed by atoms with Crippen molar-refractivity contribution < 1.29 is 56.0 Å². The fourth-order valence-corrected chi connectivity index (χ4v) is 0. The van der Waals surface area contributed by atoms with Gasteiger partial charge in [-0.05, 0) is 0 Å². The highest BCUT2D eigenvalue weighted by Crippen LogP contribution is 2.13. The van der Waals surface area contributed by atoms with Crippen LogP contribution in [0, 0.1) is 0 Å². The van der Waals surface area contributed by atoms with Crippen LogP contribution in [-0.4, -0.2) is 52.1 Å². The maximum absolute atomic E-state index is 10.6. The van der Waals surface area contributed by atoms with Gasteiger partial charge in [-0.25, -0.2) is 9.59 Å². The Balaban J connectivity index is -0.000000206. The van der Waals surface area contributed by atoms with E-state index in [4.69, 9.17) is 24.9 Å². The third kappa shape index (κ3) is 21.7. The van der Waals surface area contributed by atoms with Gasteiger partial charge in [0.15, 0.2) is 0 Å². The van der Waals surface area contributed by atoms with E-state index in [2.05, 4.69) is 5.73 Å². The lowest BCUT2D eigenvalue weighted by Crippen LogP contribution is -2.21. The molecule has 0 aliphatic rings. The van der Waals surface area contributed by atoms with E-state index in [1.54, 1.807) is 0 Å². The summed E-state index contributed by atoms with van der Waals surface area (Å²) >= 11 is 0. The molecule has 0 radical (unpaired) electrons. The van der Waals surface area contributed by atoms with E-state index in [0.717, 1.165) is 0 Å². The second kappa shape index (κ2) is 8.96. The zero-order valence-corrected chi connectivity index (χ0v) is 8.62. The Hall–Kier alpha value is -2.05. The summed E-state index contributed by atoms with van der Waals surface area (Å²) in [5.74, 6) is -6.48. The van der Waals surface area contributed by atoms with Crippen molar-refractivity contribution in [3.63, 3.8) is 0 Å². The first kappa shape index (κ1) is 22.2. The molecule has 0 aromatic heterocycles. The average Bonchev–Trinajstić information content (AvgIpc) is 2.16. The number of hydrogen-bond acceptors (Lipinski definition) is 4. The molecule has 0 unspecified atom stereocenters. The third-order valence-corrected chi connectivity index (χ3v) is 0.660. The van der Waals surface area contributed by atoms with Crippen molar-refractivity contribution in [2.45, 2.75) is 12.4 Å². The molecule has 114 valence electrons. The molecule has 0 aromatic carbocycles. The van der Waals surface area contributed by atoms with Crippen LogP contribution in [0.25, 0.3) is 0 Å². The Morgan fingerprint density at radius 3 is 0.895 bits per heavy atom. The molecule has 0 aliphatic carbocycles. The van der Waals surface area contributed by atoms with Crippen molar-refractivity contribution in [1.82, 2.24) is 0 Å². The first-order chi connectivity index (χ1) is 8.16. The Bertz CT molecular complexity index is 286. The minimum absolute atomic E-state index is 0.278. The lowest BCUT2D eigenvalue weighted by Gasteiger charge is -1.93. The predicted molar refractivity (Wildman–Crippen MR) is 44.1 cm³/mol. The molecule has 0 aromatic rings. The summed E-state index contributed by atoms with van der Waals surface area (Å²) in [5.41, 5.74) is 4.57. The number of halogens is 6. The summed E-state index contributed by atoms with van der Waals surface area (Å²) in [6.45, 7) is -0.278. The molecular weight excluding hydrogens is 296 g/mol. The molecule has 0 amide bonds. The molecule has 5 N–H and O–H groups in total. The Kier molecular flexibility index (Phi) is 10.4. The number of nitrogens with two attached hydrogens (primary N) is 1. The van der Waals surface area contributed by atoms with Crippen molar-refractivity contribution in [3.05, 3.63) is 0 Å². The summed E-state index contributed by atoms with van der Waals surface area (Å²) in [7, 11) is 0. The highest BCUT2D eigenvalue weighted by Gasteiger charge is 2.38. The molecule has 0 saturated heterocycles. The molecule has 0 saturated carbocycles. The van der Waals surface area contributed by atoms with Crippen LogP contribution < -0.4 is 5.73 Å².